The molecule has 1 saturated carbocycles. The maximum atomic E-state index is 3.81. The lowest BCUT2D eigenvalue weighted by molar-refractivity contribution is 0.448. The zero-order chi connectivity index (χ0) is 13.1. The van der Waals surface area contributed by atoms with Gasteiger partial charge in [0.2, 0.25) is 0 Å². The van der Waals surface area contributed by atoms with E-state index in [0.717, 1.165) is 6.04 Å². The van der Waals surface area contributed by atoms with Crippen LogP contribution in [0.1, 0.15) is 62.1 Å². The van der Waals surface area contributed by atoms with Crippen LogP contribution in [0.2, 0.25) is 0 Å². The second-order valence-corrected chi connectivity index (χ2v) is 6.56. The van der Waals surface area contributed by atoms with Gasteiger partial charge in [-0.3, -0.25) is 0 Å². The molecular weight excluding hydrogens is 230 g/mol. The van der Waals surface area contributed by atoms with Gasteiger partial charge in [0, 0.05) is 12.1 Å². The average molecular weight is 257 g/mol. The number of aryl methyl sites for hydroxylation is 2. The maximum absolute atomic E-state index is 3.81. The second kappa shape index (κ2) is 6.09. The molecule has 0 aliphatic heterocycles. The van der Waals surface area contributed by atoms with Crippen LogP contribution in [0.4, 0.5) is 0 Å². The molecule has 2 aliphatic carbocycles. The van der Waals surface area contributed by atoms with Crippen LogP contribution >= 0.6 is 0 Å². The van der Waals surface area contributed by atoms with Crippen molar-refractivity contribution < 1.29 is 0 Å². The van der Waals surface area contributed by atoms with Crippen molar-refractivity contribution in [3.05, 3.63) is 34.9 Å². The highest BCUT2D eigenvalue weighted by atomic mass is 14.9. The minimum absolute atomic E-state index is 0.616. The Bertz CT molecular complexity index is 418. The van der Waals surface area contributed by atoms with E-state index < -0.39 is 0 Å². The molecule has 19 heavy (non-hydrogen) atoms. The molecule has 104 valence electrons. The van der Waals surface area contributed by atoms with Gasteiger partial charge >= 0.3 is 0 Å². The minimum atomic E-state index is 0.616. The molecule has 0 aromatic heterocycles. The molecule has 1 fully saturated rings. The van der Waals surface area contributed by atoms with Gasteiger partial charge in [-0.1, -0.05) is 31.0 Å². The topological polar surface area (TPSA) is 12.0 Å². The number of nitrogens with one attached hydrogen (secondary N) is 1. The molecule has 1 nitrogen and oxygen atoms in total. The monoisotopic (exact) mass is 257 g/mol. The Morgan fingerprint density at radius 1 is 1.05 bits per heavy atom. The summed E-state index contributed by atoms with van der Waals surface area (Å²) >= 11 is 0. The van der Waals surface area contributed by atoms with E-state index in [1.165, 1.54) is 63.4 Å². The number of benzene rings is 1. The van der Waals surface area contributed by atoms with E-state index in [1.807, 2.05) is 0 Å². The summed E-state index contributed by atoms with van der Waals surface area (Å²) in [5.74, 6) is 0. The van der Waals surface area contributed by atoms with Gasteiger partial charge in [-0.25, -0.2) is 0 Å². The highest BCUT2D eigenvalue weighted by molar-refractivity contribution is 5.34. The van der Waals surface area contributed by atoms with Crippen molar-refractivity contribution in [3.8, 4) is 0 Å². The molecule has 1 heteroatoms. The van der Waals surface area contributed by atoms with Gasteiger partial charge in [-0.2, -0.15) is 0 Å². The molecule has 3 rings (SSSR count). The van der Waals surface area contributed by atoms with Crippen molar-refractivity contribution in [3.63, 3.8) is 0 Å². The Kier molecular flexibility index (Phi) is 4.22. The fourth-order valence-electron chi connectivity index (χ4n) is 3.82. The van der Waals surface area contributed by atoms with E-state index in [-0.39, 0.29) is 0 Å². The fourth-order valence-corrected chi connectivity index (χ4v) is 3.82. The van der Waals surface area contributed by atoms with E-state index >= 15 is 0 Å². The summed E-state index contributed by atoms with van der Waals surface area (Å²) in [4.78, 5) is 0. The molecule has 1 atom stereocenters. The number of fused-ring (bicyclic) bond motifs is 1. The SMILES string of the molecule is CC(Cc1ccc2c(c1)CCCC2)NC1CCCC1. The fraction of sp³-hybridized carbons (Fsp3) is 0.667. The first-order valence-corrected chi connectivity index (χ1v) is 8.18. The number of rotatable bonds is 4. The first kappa shape index (κ1) is 13.2. The third kappa shape index (κ3) is 3.39. The summed E-state index contributed by atoms with van der Waals surface area (Å²) in [6.45, 7) is 2.35. The van der Waals surface area contributed by atoms with Crippen molar-refractivity contribution in [2.75, 3.05) is 0 Å². The van der Waals surface area contributed by atoms with Crippen molar-refractivity contribution in [2.45, 2.75) is 76.8 Å². The summed E-state index contributed by atoms with van der Waals surface area (Å²) < 4.78 is 0. The lowest BCUT2D eigenvalue weighted by atomic mass is 9.89. The van der Waals surface area contributed by atoms with Crippen LogP contribution in [0.15, 0.2) is 18.2 Å². The quantitative estimate of drug-likeness (QED) is 0.858. The van der Waals surface area contributed by atoms with E-state index in [4.69, 9.17) is 0 Å². The van der Waals surface area contributed by atoms with Gasteiger partial charge in [0.1, 0.15) is 0 Å². The molecular formula is C18H27N. The Labute approximate surface area is 117 Å². The van der Waals surface area contributed by atoms with Crippen LogP contribution in [0.5, 0.6) is 0 Å². The van der Waals surface area contributed by atoms with Gasteiger partial charge in [0.25, 0.3) is 0 Å². The van der Waals surface area contributed by atoms with E-state index in [1.54, 1.807) is 11.1 Å². The molecule has 1 aromatic carbocycles. The Morgan fingerprint density at radius 2 is 1.79 bits per heavy atom. The smallest absolute Gasteiger partial charge is 0.00817 e. The molecule has 0 saturated heterocycles. The van der Waals surface area contributed by atoms with Gasteiger partial charge in [0.05, 0.1) is 0 Å². The third-order valence-electron chi connectivity index (χ3n) is 4.83. The highest BCUT2D eigenvalue weighted by Gasteiger charge is 2.17. The van der Waals surface area contributed by atoms with Crippen LogP contribution in [0, 0.1) is 0 Å². The molecule has 1 N–H and O–H groups in total. The van der Waals surface area contributed by atoms with Crippen molar-refractivity contribution in [2.24, 2.45) is 0 Å². The third-order valence-corrected chi connectivity index (χ3v) is 4.83. The van der Waals surface area contributed by atoms with Gasteiger partial charge in [0.15, 0.2) is 0 Å². The van der Waals surface area contributed by atoms with Crippen molar-refractivity contribution >= 4 is 0 Å². The maximum Gasteiger partial charge on any atom is 0.00817 e. The molecule has 1 aromatic rings. The summed E-state index contributed by atoms with van der Waals surface area (Å²) in [7, 11) is 0. The van der Waals surface area contributed by atoms with Crippen LogP contribution in [0.3, 0.4) is 0 Å². The number of hydrogen-bond acceptors (Lipinski definition) is 1. The predicted molar refractivity (Wildman–Crippen MR) is 81.6 cm³/mol. The van der Waals surface area contributed by atoms with Crippen LogP contribution in [-0.4, -0.2) is 12.1 Å². The van der Waals surface area contributed by atoms with Gasteiger partial charge in [-0.15, -0.1) is 0 Å². The second-order valence-electron chi connectivity index (χ2n) is 6.56. The van der Waals surface area contributed by atoms with Gasteiger partial charge < -0.3 is 5.32 Å². The molecule has 2 aliphatic rings. The van der Waals surface area contributed by atoms with Crippen molar-refractivity contribution in [1.29, 1.82) is 0 Å². The summed E-state index contributed by atoms with van der Waals surface area (Å²) in [6, 6.07) is 8.61. The first-order valence-electron chi connectivity index (χ1n) is 8.18. The summed E-state index contributed by atoms with van der Waals surface area (Å²) in [5.41, 5.74) is 4.75. The van der Waals surface area contributed by atoms with Crippen LogP contribution in [0.25, 0.3) is 0 Å². The molecule has 0 heterocycles. The van der Waals surface area contributed by atoms with E-state index in [0.29, 0.717) is 6.04 Å². The van der Waals surface area contributed by atoms with Gasteiger partial charge in [-0.05, 0) is 68.6 Å². The lowest BCUT2D eigenvalue weighted by Gasteiger charge is -2.21. The average Bonchev–Trinajstić information content (AvgIpc) is 2.91. The predicted octanol–water partition coefficient (Wildman–Crippen LogP) is 4.03. The normalized spacial score (nSPS) is 21.3. The summed E-state index contributed by atoms with van der Waals surface area (Å²) in [6.07, 6.45) is 12.1. The Hall–Kier alpha value is -0.820. The standard InChI is InChI=1S/C18H27N/c1-14(19-18-8-4-5-9-18)12-15-10-11-16-6-2-3-7-17(16)13-15/h10-11,13-14,18-19H,2-9,12H2,1H3. The molecule has 0 radical (unpaired) electrons. The van der Waals surface area contributed by atoms with Crippen LogP contribution in [-0.2, 0) is 19.3 Å². The van der Waals surface area contributed by atoms with E-state index in [9.17, 15) is 0 Å². The Morgan fingerprint density at radius 3 is 2.58 bits per heavy atom. The molecule has 0 bridgehead atoms. The zero-order valence-corrected chi connectivity index (χ0v) is 12.3. The number of hydrogen-bond donors (Lipinski definition) is 1. The highest BCUT2D eigenvalue weighted by Crippen LogP contribution is 2.23. The molecule has 0 spiro atoms. The minimum Gasteiger partial charge on any atom is -0.311 e. The molecule has 0 amide bonds. The largest absolute Gasteiger partial charge is 0.311 e. The Balaban J connectivity index is 1.59. The molecule has 1 unspecified atom stereocenters. The lowest BCUT2D eigenvalue weighted by Crippen LogP contribution is -2.35. The first-order chi connectivity index (χ1) is 9.31. The van der Waals surface area contributed by atoms with Crippen molar-refractivity contribution in [1.82, 2.24) is 5.32 Å². The van der Waals surface area contributed by atoms with Crippen LogP contribution < -0.4 is 5.32 Å². The van der Waals surface area contributed by atoms with E-state index in [2.05, 4.69) is 30.4 Å². The zero-order valence-electron chi connectivity index (χ0n) is 12.3. The summed E-state index contributed by atoms with van der Waals surface area (Å²) in [5, 5.41) is 3.81.